The maximum absolute atomic E-state index is 12.0. The fourth-order valence-electron chi connectivity index (χ4n) is 2.27. The number of rotatable bonds is 1. The normalized spacial score (nSPS) is 17.1. The topological polar surface area (TPSA) is 111 Å². The lowest BCUT2D eigenvalue weighted by Crippen LogP contribution is -2.18. The number of fused-ring (bicyclic) bond motifs is 1. The fourth-order valence-corrected chi connectivity index (χ4v) is 2.46. The van der Waals surface area contributed by atoms with Crippen LogP contribution < -0.4 is 5.56 Å². The first-order valence-electron chi connectivity index (χ1n) is 5.83. The SMILES string of the molecule is Cc1ncc2c(c1O)[C@@H](c1c(O)[nH]c(=S)[nH]c1=O)OC2. The number of ether oxygens (including phenoxy) is 1. The van der Waals surface area contributed by atoms with E-state index in [4.69, 9.17) is 17.0 Å². The molecule has 0 saturated carbocycles. The number of aromatic hydroxyl groups is 2. The Labute approximate surface area is 117 Å². The van der Waals surface area contributed by atoms with E-state index in [9.17, 15) is 15.0 Å². The Morgan fingerprint density at radius 1 is 1.40 bits per heavy atom. The van der Waals surface area contributed by atoms with Gasteiger partial charge in [0.2, 0.25) is 5.88 Å². The lowest BCUT2D eigenvalue weighted by Gasteiger charge is -2.13. The third-order valence-corrected chi connectivity index (χ3v) is 3.45. The number of H-pyrrole nitrogens is 2. The van der Waals surface area contributed by atoms with Gasteiger partial charge < -0.3 is 19.9 Å². The summed E-state index contributed by atoms with van der Waals surface area (Å²) in [7, 11) is 0. The largest absolute Gasteiger partial charge is 0.506 e. The predicted molar refractivity (Wildman–Crippen MR) is 71.2 cm³/mol. The summed E-state index contributed by atoms with van der Waals surface area (Å²) in [5, 5.41) is 20.0. The van der Waals surface area contributed by atoms with Gasteiger partial charge in [0.25, 0.3) is 5.56 Å². The van der Waals surface area contributed by atoms with E-state index in [1.807, 2.05) is 0 Å². The number of aryl methyl sites for hydroxylation is 1. The number of pyridine rings is 1. The van der Waals surface area contributed by atoms with E-state index in [0.717, 1.165) is 0 Å². The van der Waals surface area contributed by atoms with Crippen LogP contribution in [-0.2, 0) is 11.3 Å². The molecule has 0 aromatic carbocycles. The van der Waals surface area contributed by atoms with E-state index in [2.05, 4.69) is 15.0 Å². The van der Waals surface area contributed by atoms with Crippen molar-refractivity contribution >= 4 is 12.2 Å². The van der Waals surface area contributed by atoms with E-state index in [-0.39, 0.29) is 28.6 Å². The second-order valence-electron chi connectivity index (χ2n) is 4.49. The highest BCUT2D eigenvalue weighted by molar-refractivity contribution is 7.71. The Morgan fingerprint density at radius 3 is 2.85 bits per heavy atom. The zero-order valence-corrected chi connectivity index (χ0v) is 11.2. The third kappa shape index (κ3) is 1.81. The zero-order chi connectivity index (χ0) is 14.4. The summed E-state index contributed by atoms with van der Waals surface area (Å²) >= 11 is 4.77. The average molecular weight is 293 g/mol. The molecule has 1 aliphatic rings. The molecule has 7 nitrogen and oxygen atoms in total. The summed E-state index contributed by atoms with van der Waals surface area (Å²) in [6.07, 6.45) is 0.725. The van der Waals surface area contributed by atoms with Crippen LogP contribution in [0.4, 0.5) is 0 Å². The van der Waals surface area contributed by atoms with Crippen LogP contribution in [0, 0.1) is 11.7 Å². The molecular formula is C12H11N3O4S. The minimum atomic E-state index is -0.859. The van der Waals surface area contributed by atoms with Gasteiger partial charge in [-0.1, -0.05) is 0 Å². The second-order valence-corrected chi connectivity index (χ2v) is 4.90. The van der Waals surface area contributed by atoms with Crippen LogP contribution in [-0.4, -0.2) is 25.2 Å². The van der Waals surface area contributed by atoms with Gasteiger partial charge in [0.1, 0.15) is 17.4 Å². The molecule has 1 aliphatic heterocycles. The van der Waals surface area contributed by atoms with Crippen molar-refractivity contribution in [2.45, 2.75) is 19.6 Å². The Morgan fingerprint density at radius 2 is 2.15 bits per heavy atom. The van der Waals surface area contributed by atoms with Crippen molar-refractivity contribution in [1.29, 1.82) is 0 Å². The van der Waals surface area contributed by atoms with E-state index >= 15 is 0 Å². The summed E-state index contributed by atoms with van der Waals surface area (Å²) in [5.41, 5.74) is 0.985. The molecule has 0 bridgehead atoms. The molecule has 104 valence electrons. The van der Waals surface area contributed by atoms with E-state index < -0.39 is 11.7 Å². The monoisotopic (exact) mass is 293 g/mol. The molecule has 3 rings (SSSR count). The van der Waals surface area contributed by atoms with Crippen molar-refractivity contribution in [1.82, 2.24) is 15.0 Å². The third-order valence-electron chi connectivity index (χ3n) is 3.25. The molecule has 2 aromatic heterocycles. The van der Waals surface area contributed by atoms with Crippen LogP contribution in [0.5, 0.6) is 11.6 Å². The van der Waals surface area contributed by atoms with Gasteiger partial charge in [-0.3, -0.25) is 14.8 Å². The van der Waals surface area contributed by atoms with Crippen molar-refractivity contribution in [3.8, 4) is 11.6 Å². The van der Waals surface area contributed by atoms with Crippen molar-refractivity contribution in [2.75, 3.05) is 0 Å². The Kier molecular flexibility index (Phi) is 2.84. The van der Waals surface area contributed by atoms with Gasteiger partial charge >= 0.3 is 0 Å². The summed E-state index contributed by atoms with van der Waals surface area (Å²) in [5.74, 6) is -0.406. The van der Waals surface area contributed by atoms with Crippen LogP contribution in [0.15, 0.2) is 11.0 Å². The standard InChI is InChI=1S/C12H11N3O4S/c1-4-8(16)6-5(2-13-4)3-19-9(6)7-10(17)14-12(20)15-11(7)18/h2,9,16H,3H2,1H3,(H3,14,15,17,18,20)/t9-/m0/s1. The smallest absolute Gasteiger partial charge is 0.261 e. The molecule has 0 saturated heterocycles. The first-order chi connectivity index (χ1) is 9.49. The Hall–Kier alpha value is -2.19. The number of nitrogens with zero attached hydrogens (tertiary/aromatic N) is 1. The zero-order valence-electron chi connectivity index (χ0n) is 10.4. The molecule has 0 fully saturated rings. The van der Waals surface area contributed by atoms with Crippen molar-refractivity contribution in [2.24, 2.45) is 0 Å². The lowest BCUT2D eigenvalue weighted by molar-refractivity contribution is 0.0895. The van der Waals surface area contributed by atoms with Crippen molar-refractivity contribution < 1.29 is 14.9 Å². The van der Waals surface area contributed by atoms with Gasteiger partial charge in [-0.25, -0.2) is 0 Å². The van der Waals surface area contributed by atoms with Crippen molar-refractivity contribution in [3.63, 3.8) is 0 Å². The lowest BCUT2D eigenvalue weighted by atomic mass is 10.0. The van der Waals surface area contributed by atoms with Crippen LogP contribution >= 0.6 is 12.2 Å². The summed E-state index contributed by atoms with van der Waals surface area (Å²) in [4.78, 5) is 20.9. The highest BCUT2D eigenvalue weighted by Crippen LogP contribution is 2.42. The van der Waals surface area contributed by atoms with Gasteiger partial charge in [-0.05, 0) is 19.1 Å². The summed E-state index contributed by atoms with van der Waals surface area (Å²) in [6, 6.07) is 0. The summed E-state index contributed by atoms with van der Waals surface area (Å²) in [6.45, 7) is 1.85. The maximum atomic E-state index is 12.0. The van der Waals surface area contributed by atoms with E-state index in [1.165, 1.54) is 0 Å². The first kappa shape index (κ1) is 12.8. The minimum absolute atomic E-state index is 0.0155. The average Bonchev–Trinajstić information content (AvgIpc) is 2.77. The van der Waals surface area contributed by atoms with Crippen LogP contribution in [0.25, 0.3) is 0 Å². The van der Waals surface area contributed by atoms with E-state index in [0.29, 0.717) is 16.8 Å². The van der Waals surface area contributed by atoms with Gasteiger partial charge in [-0.15, -0.1) is 0 Å². The van der Waals surface area contributed by atoms with E-state index in [1.54, 1.807) is 13.1 Å². The Bertz CT molecular complexity index is 811. The second kappa shape index (κ2) is 4.43. The van der Waals surface area contributed by atoms with Gasteiger partial charge in [0, 0.05) is 17.3 Å². The van der Waals surface area contributed by atoms with Crippen molar-refractivity contribution in [3.05, 3.63) is 43.7 Å². The molecule has 1 atom stereocenters. The van der Waals surface area contributed by atoms with Crippen LogP contribution in [0.1, 0.15) is 28.5 Å². The molecule has 3 heterocycles. The molecule has 0 amide bonds. The maximum Gasteiger partial charge on any atom is 0.261 e. The molecule has 0 unspecified atom stereocenters. The number of aromatic amines is 2. The molecular weight excluding hydrogens is 282 g/mol. The van der Waals surface area contributed by atoms with Gasteiger partial charge in [-0.2, -0.15) is 0 Å². The van der Waals surface area contributed by atoms with Gasteiger partial charge in [0.15, 0.2) is 4.77 Å². The number of hydrogen-bond acceptors (Lipinski definition) is 6. The minimum Gasteiger partial charge on any atom is -0.506 e. The fraction of sp³-hybridized carbons (Fsp3) is 0.250. The molecule has 0 spiro atoms. The highest BCUT2D eigenvalue weighted by Gasteiger charge is 2.33. The van der Waals surface area contributed by atoms with Crippen LogP contribution in [0.2, 0.25) is 0 Å². The van der Waals surface area contributed by atoms with Crippen LogP contribution in [0.3, 0.4) is 0 Å². The molecule has 8 heteroatoms. The number of aromatic nitrogens is 3. The molecule has 2 aromatic rings. The Balaban J connectivity index is 2.25. The predicted octanol–water partition coefficient (Wildman–Crippen LogP) is 1.17. The first-order valence-corrected chi connectivity index (χ1v) is 6.24. The summed E-state index contributed by atoms with van der Waals surface area (Å²) < 4.78 is 5.53. The number of nitrogens with one attached hydrogen (secondary N) is 2. The highest BCUT2D eigenvalue weighted by atomic mass is 32.1. The number of hydrogen-bond donors (Lipinski definition) is 4. The molecule has 0 aliphatic carbocycles. The molecule has 4 N–H and O–H groups in total. The van der Waals surface area contributed by atoms with Gasteiger partial charge in [0.05, 0.1) is 12.3 Å². The molecule has 0 radical (unpaired) electrons. The quantitative estimate of drug-likeness (QED) is 0.587. The molecule has 20 heavy (non-hydrogen) atoms.